The quantitative estimate of drug-likeness (QED) is 0.819. The van der Waals surface area contributed by atoms with Gasteiger partial charge in [0.25, 0.3) is 0 Å². The molecule has 15 heavy (non-hydrogen) atoms. The van der Waals surface area contributed by atoms with Gasteiger partial charge in [0.2, 0.25) is 0 Å². The van der Waals surface area contributed by atoms with Gasteiger partial charge in [-0.15, -0.1) is 0 Å². The van der Waals surface area contributed by atoms with Gasteiger partial charge < -0.3 is 5.73 Å². The van der Waals surface area contributed by atoms with Crippen molar-refractivity contribution in [2.24, 2.45) is 0 Å². The largest absolute Gasteiger partial charge is 0.375 e. The van der Waals surface area contributed by atoms with Crippen molar-refractivity contribution >= 4 is 38.3 Å². The van der Waals surface area contributed by atoms with E-state index in [1.165, 1.54) is 21.6 Å². The lowest BCUT2D eigenvalue weighted by atomic mass is 9.97. The molecule has 0 aliphatic carbocycles. The number of halogens is 1. The topological polar surface area (TPSA) is 38.9 Å². The van der Waals surface area contributed by atoms with Crippen LogP contribution in [0.25, 0.3) is 10.2 Å². The Bertz CT molecular complexity index is 517. The summed E-state index contributed by atoms with van der Waals surface area (Å²) in [5.41, 5.74) is 9.05. The van der Waals surface area contributed by atoms with Gasteiger partial charge in [-0.2, -0.15) is 0 Å². The monoisotopic (exact) mass is 240 g/mol. The maximum absolute atomic E-state index is 6.17. The first-order valence-corrected chi connectivity index (χ1v) is 6.05. The molecule has 0 saturated heterocycles. The van der Waals surface area contributed by atoms with Crippen LogP contribution in [0.5, 0.6) is 0 Å². The fourth-order valence-corrected chi connectivity index (χ4v) is 3.13. The molecule has 0 bridgehead atoms. The van der Waals surface area contributed by atoms with E-state index in [4.69, 9.17) is 17.3 Å². The average molecular weight is 241 g/mol. The van der Waals surface area contributed by atoms with Gasteiger partial charge in [-0.05, 0) is 30.0 Å². The molecular formula is C11H13ClN2S. The van der Waals surface area contributed by atoms with E-state index in [2.05, 4.69) is 18.8 Å². The summed E-state index contributed by atoms with van der Waals surface area (Å²) in [6.45, 7) is 6.37. The van der Waals surface area contributed by atoms with Crippen LogP contribution in [0, 0.1) is 6.92 Å². The fraction of sp³-hybridized carbons (Fsp3) is 0.364. The molecule has 2 N–H and O–H groups in total. The summed E-state index contributed by atoms with van der Waals surface area (Å²) in [5.74, 6) is 0.436. The number of rotatable bonds is 1. The Morgan fingerprint density at radius 3 is 2.73 bits per heavy atom. The Balaban J connectivity index is 2.88. The number of aromatic nitrogens is 1. The number of anilines is 1. The summed E-state index contributed by atoms with van der Waals surface area (Å²) in [6, 6.07) is 1.89. The normalized spacial score (nSPS) is 11.5. The minimum atomic E-state index is 0.436. The Kier molecular flexibility index (Phi) is 2.61. The highest BCUT2D eigenvalue weighted by molar-refractivity contribution is 7.22. The minimum Gasteiger partial charge on any atom is -0.375 e. The van der Waals surface area contributed by atoms with E-state index in [0.717, 1.165) is 16.1 Å². The van der Waals surface area contributed by atoms with Crippen LogP contribution in [0.15, 0.2) is 6.07 Å². The Hall–Kier alpha value is -0.800. The second-order valence-electron chi connectivity index (χ2n) is 3.95. The number of thiazole rings is 1. The zero-order valence-corrected chi connectivity index (χ0v) is 10.5. The number of fused-ring (bicyclic) bond motifs is 1. The molecule has 0 atom stereocenters. The van der Waals surface area contributed by atoms with E-state index in [0.29, 0.717) is 11.0 Å². The molecular weight excluding hydrogens is 228 g/mol. The van der Waals surface area contributed by atoms with Crippen LogP contribution in [0.3, 0.4) is 0 Å². The minimum absolute atomic E-state index is 0.436. The van der Waals surface area contributed by atoms with E-state index in [1.54, 1.807) is 0 Å². The summed E-state index contributed by atoms with van der Waals surface area (Å²) in [5, 5.41) is 1.38. The zero-order valence-electron chi connectivity index (χ0n) is 8.97. The zero-order chi connectivity index (χ0) is 11.2. The maximum atomic E-state index is 6.17. The first kappa shape index (κ1) is 10.7. The van der Waals surface area contributed by atoms with E-state index in [1.807, 2.05) is 13.0 Å². The SMILES string of the molecule is Cc1c(Cl)cc2nc(N)sc2c1C(C)C. The lowest BCUT2D eigenvalue weighted by Crippen LogP contribution is -1.93. The highest BCUT2D eigenvalue weighted by Gasteiger charge is 2.15. The van der Waals surface area contributed by atoms with Crippen LogP contribution in [0.2, 0.25) is 5.02 Å². The summed E-state index contributed by atoms with van der Waals surface area (Å²) >= 11 is 7.71. The molecule has 80 valence electrons. The number of nitrogens with two attached hydrogens (primary N) is 1. The molecule has 0 fully saturated rings. The lowest BCUT2D eigenvalue weighted by Gasteiger charge is -2.11. The third-order valence-corrected chi connectivity index (χ3v) is 3.84. The molecule has 0 saturated carbocycles. The second kappa shape index (κ2) is 3.65. The van der Waals surface area contributed by atoms with Crippen LogP contribution in [0.1, 0.15) is 30.9 Å². The van der Waals surface area contributed by atoms with Gasteiger partial charge in [-0.1, -0.05) is 36.8 Å². The first-order chi connectivity index (χ1) is 7.00. The third-order valence-electron chi connectivity index (χ3n) is 2.52. The molecule has 2 rings (SSSR count). The summed E-state index contributed by atoms with van der Waals surface area (Å²) in [6.07, 6.45) is 0. The van der Waals surface area contributed by atoms with Gasteiger partial charge in [-0.3, -0.25) is 0 Å². The van der Waals surface area contributed by atoms with Crippen molar-refractivity contribution in [3.63, 3.8) is 0 Å². The van der Waals surface area contributed by atoms with Gasteiger partial charge in [0.15, 0.2) is 5.13 Å². The molecule has 0 unspecified atom stereocenters. The highest BCUT2D eigenvalue weighted by atomic mass is 35.5. The molecule has 1 aromatic carbocycles. The van der Waals surface area contributed by atoms with Crippen molar-refractivity contribution < 1.29 is 0 Å². The van der Waals surface area contributed by atoms with Crippen molar-refractivity contribution in [3.8, 4) is 0 Å². The van der Waals surface area contributed by atoms with E-state index < -0.39 is 0 Å². The van der Waals surface area contributed by atoms with Gasteiger partial charge in [0, 0.05) is 5.02 Å². The summed E-state index contributed by atoms with van der Waals surface area (Å²) in [7, 11) is 0. The number of benzene rings is 1. The van der Waals surface area contributed by atoms with Gasteiger partial charge in [0.05, 0.1) is 10.2 Å². The van der Waals surface area contributed by atoms with Crippen molar-refractivity contribution in [3.05, 3.63) is 22.2 Å². The van der Waals surface area contributed by atoms with E-state index in [9.17, 15) is 0 Å². The lowest BCUT2D eigenvalue weighted by molar-refractivity contribution is 0.868. The molecule has 0 aliphatic heterocycles. The number of hydrogen-bond donors (Lipinski definition) is 1. The van der Waals surface area contributed by atoms with Crippen molar-refractivity contribution in [2.75, 3.05) is 5.73 Å². The average Bonchev–Trinajstić information content (AvgIpc) is 2.46. The molecule has 0 spiro atoms. The highest BCUT2D eigenvalue weighted by Crippen LogP contribution is 2.37. The summed E-state index contributed by atoms with van der Waals surface area (Å²) in [4.78, 5) is 4.27. The van der Waals surface area contributed by atoms with Crippen molar-refractivity contribution in [1.29, 1.82) is 0 Å². The Morgan fingerprint density at radius 2 is 2.13 bits per heavy atom. The Morgan fingerprint density at radius 1 is 1.47 bits per heavy atom. The summed E-state index contributed by atoms with van der Waals surface area (Å²) < 4.78 is 1.17. The third kappa shape index (κ3) is 1.70. The predicted molar refractivity (Wildman–Crippen MR) is 67.9 cm³/mol. The molecule has 0 aliphatic rings. The number of nitrogens with zero attached hydrogens (tertiary/aromatic N) is 1. The number of hydrogen-bond acceptors (Lipinski definition) is 3. The molecule has 1 aromatic heterocycles. The van der Waals surface area contributed by atoms with E-state index >= 15 is 0 Å². The van der Waals surface area contributed by atoms with Crippen molar-refractivity contribution in [1.82, 2.24) is 4.98 Å². The molecule has 2 nitrogen and oxygen atoms in total. The molecule has 2 aromatic rings. The molecule has 0 amide bonds. The Labute approximate surface area is 98.1 Å². The van der Waals surface area contributed by atoms with Crippen LogP contribution < -0.4 is 5.73 Å². The smallest absolute Gasteiger partial charge is 0.181 e. The van der Waals surface area contributed by atoms with Gasteiger partial charge in [0.1, 0.15) is 0 Å². The number of nitrogen functional groups attached to an aromatic ring is 1. The van der Waals surface area contributed by atoms with Crippen molar-refractivity contribution in [2.45, 2.75) is 26.7 Å². The second-order valence-corrected chi connectivity index (χ2v) is 5.39. The van der Waals surface area contributed by atoms with Crippen LogP contribution in [-0.2, 0) is 0 Å². The van der Waals surface area contributed by atoms with Crippen LogP contribution in [0.4, 0.5) is 5.13 Å². The van der Waals surface area contributed by atoms with Crippen LogP contribution in [-0.4, -0.2) is 4.98 Å². The fourth-order valence-electron chi connectivity index (χ4n) is 1.86. The standard InChI is InChI=1S/C11H13ClN2S/c1-5(2)9-6(3)7(12)4-8-10(9)15-11(13)14-8/h4-5H,1-3H3,(H2,13,14). The first-order valence-electron chi connectivity index (χ1n) is 4.85. The van der Waals surface area contributed by atoms with Gasteiger partial charge >= 0.3 is 0 Å². The molecule has 1 heterocycles. The molecule has 4 heteroatoms. The van der Waals surface area contributed by atoms with Gasteiger partial charge in [-0.25, -0.2) is 4.98 Å². The maximum Gasteiger partial charge on any atom is 0.181 e. The van der Waals surface area contributed by atoms with Crippen LogP contribution >= 0.6 is 22.9 Å². The molecule has 0 radical (unpaired) electrons. The van der Waals surface area contributed by atoms with E-state index in [-0.39, 0.29) is 0 Å². The predicted octanol–water partition coefficient (Wildman–Crippen LogP) is 3.96.